The van der Waals surface area contributed by atoms with Gasteiger partial charge in [0.25, 0.3) is 0 Å². The van der Waals surface area contributed by atoms with Gasteiger partial charge in [0.1, 0.15) is 11.3 Å². The van der Waals surface area contributed by atoms with Crippen LogP contribution in [0.4, 0.5) is 4.39 Å². The fraction of sp³-hybridized carbons (Fsp3) is 0.182. The van der Waals surface area contributed by atoms with Crippen LogP contribution < -0.4 is 0 Å². The summed E-state index contributed by atoms with van der Waals surface area (Å²) >= 11 is 7.46. The van der Waals surface area contributed by atoms with Crippen LogP contribution in [0.3, 0.4) is 0 Å². The van der Waals surface area contributed by atoms with Gasteiger partial charge in [-0.05, 0) is 37.1 Å². The third-order valence-electron chi connectivity index (χ3n) is 5.52. The number of aromatic hydroxyl groups is 2. The van der Waals surface area contributed by atoms with E-state index in [1.54, 1.807) is 18.2 Å². The lowest BCUT2D eigenvalue weighted by Gasteiger charge is -2.24. The summed E-state index contributed by atoms with van der Waals surface area (Å²) in [5, 5.41) is 22.2. The van der Waals surface area contributed by atoms with Crippen molar-refractivity contribution in [1.29, 1.82) is 0 Å². The first-order chi connectivity index (χ1) is 14.5. The number of rotatable bonds is 4. The highest BCUT2D eigenvalue weighted by molar-refractivity contribution is 7.21. The standard InChI is InChI=1S/C22H16ClFN2O3S/c23-13-8-4-10-15-17(13)25-22(30-15)26-18(12-7-1-2-9-14(12)24)16(20(28)21(26)29)19(27)11-5-3-6-11/h1-2,4,7-11,28-29H,3,5-6H2. The second kappa shape index (κ2) is 7.11. The Hall–Kier alpha value is -2.90. The molecule has 1 saturated carbocycles. The Bertz CT molecular complexity index is 1310. The van der Waals surface area contributed by atoms with Gasteiger partial charge in [0.2, 0.25) is 5.88 Å². The third kappa shape index (κ3) is 2.80. The molecule has 30 heavy (non-hydrogen) atoms. The van der Waals surface area contributed by atoms with Gasteiger partial charge in [-0.25, -0.2) is 9.37 Å². The van der Waals surface area contributed by atoms with E-state index in [4.69, 9.17) is 11.6 Å². The van der Waals surface area contributed by atoms with Crippen molar-refractivity contribution in [2.45, 2.75) is 19.3 Å². The van der Waals surface area contributed by atoms with E-state index in [1.807, 2.05) is 6.07 Å². The van der Waals surface area contributed by atoms with Gasteiger partial charge in [0, 0.05) is 11.5 Å². The van der Waals surface area contributed by atoms with E-state index in [0.29, 0.717) is 23.4 Å². The molecule has 0 amide bonds. The lowest BCUT2D eigenvalue weighted by molar-refractivity contribution is 0.0853. The van der Waals surface area contributed by atoms with Crippen molar-refractivity contribution < 1.29 is 19.4 Å². The van der Waals surface area contributed by atoms with Crippen LogP contribution in [0, 0.1) is 11.7 Å². The number of benzene rings is 2. The minimum Gasteiger partial charge on any atom is -0.503 e. The quantitative estimate of drug-likeness (QED) is 0.383. The predicted molar refractivity (Wildman–Crippen MR) is 114 cm³/mol. The largest absolute Gasteiger partial charge is 0.503 e. The van der Waals surface area contributed by atoms with Crippen molar-refractivity contribution >= 4 is 38.9 Å². The number of carbonyl (C=O) groups excluding carboxylic acids is 1. The van der Waals surface area contributed by atoms with E-state index in [9.17, 15) is 19.4 Å². The predicted octanol–water partition coefficient (Wildman–Crippen LogP) is 5.94. The van der Waals surface area contributed by atoms with Gasteiger partial charge in [-0.3, -0.25) is 9.36 Å². The zero-order chi connectivity index (χ0) is 21.0. The molecule has 152 valence electrons. The molecule has 0 radical (unpaired) electrons. The molecule has 2 aromatic heterocycles. The number of aromatic nitrogens is 2. The first kappa shape index (κ1) is 19.1. The number of ketones is 1. The molecule has 0 unspecified atom stereocenters. The molecular formula is C22H16ClFN2O3S. The average Bonchev–Trinajstić information content (AvgIpc) is 3.21. The number of hydrogen-bond donors (Lipinski definition) is 2. The minimum atomic E-state index is -0.571. The molecule has 4 aromatic rings. The van der Waals surface area contributed by atoms with Crippen LogP contribution in [-0.4, -0.2) is 25.5 Å². The summed E-state index contributed by atoms with van der Waals surface area (Å²) in [6.07, 6.45) is 2.34. The smallest absolute Gasteiger partial charge is 0.242 e. The highest BCUT2D eigenvalue weighted by Crippen LogP contribution is 2.47. The van der Waals surface area contributed by atoms with Crippen molar-refractivity contribution in [3.63, 3.8) is 0 Å². The Morgan fingerprint density at radius 2 is 1.93 bits per heavy atom. The topological polar surface area (TPSA) is 75.3 Å². The van der Waals surface area contributed by atoms with Crippen LogP contribution in [0.5, 0.6) is 11.6 Å². The molecule has 0 bridgehead atoms. The van der Waals surface area contributed by atoms with Crippen LogP contribution in [-0.2, 0) is 0 Å². The summed E-state index contributed by atoms with van der Waals surface area (Å²) in [4.78, 5) is 17.6. The molecule has 8 heteroatoms. The van der Waals surface area contributed by atoms with Crippen molar-refractivity contribution in [3.8, 4) is 28.0 Å². The molecule has 0 saturated heterocycles. The summed E-state index contributed by atoms with van der Waals surface area (Å²) in [5.41, 5.74) is 0.641. The van der Waals surface area contributed by atoms with E-state index < -0.39 is 17.4 Å². The van der Waals surface area contributed by atoms with Gasteiger partial charge in [0.15, 0.2) is 16.7 Å². The number of para-hydroxylation sites is 1. The van der Waals surface area contributed by atoms with Gasteiger partial charge in [-0.2, -0.15) is 0 Å². The maximum atomic E-state index is 14.8. The molecule has 2 N–H and O–H groups in total. The molecular weight excluding hydrogens is 427 g/mol. The summed E-state index contributed by atoms with van der Waals surface area (Å²) in [5.74, 6) is -2.23. The van der Waals surface area contributed by atoms with Crippen LogP contribution in [0.1, 0.15) is 29.6 Å². The van der Waals surface area contributed by atoms with Gasteiger partial charge in [0.05, 0.1) is 21.0 Å². The van der Waals surface area contributed by atoms with E-state index in [2.05, 4.69) is 4.98 Å². The van der Waals surface area contributed by atoms with Crippen LogP contribution >= 0.6 is 22.9 Å². The van der Waals surface area contributed by atoms with Crippen molar-refractivity contribution in [3.05, 3.63) is 58.9 Å². The molecule has 2 aromatic carbocycles. The monoisotopic (exact) mass is 442 g/mol. The van der Waals surface area contributed by atoms with Crippen molar-refractivity contribution in [2.24, 2.45) is 5.92 Å². The molecule has 5 rings (SSSR count). The maximum absolute atomic E-state index is 14.8. The van der Waals surface area contributed by atoms with E-state index in [1.165, 1.54) is 34.1 Å². The summed E-state index contributed by atoms with van der Waals surface area (Å²) in [6, 6.07) is 11.3. The zero-order valence-corrected chi connectivity index (χ0v) is 17.2. The Balaban J connectivity index is 1.83. The molecule has 1 fully saturated rings. The van der Waals surface area contributed by atoms with Gasteiger partial charge in [-0.15, -0.1) is 0 Å². The molecule has 1 aliphatic rings. The molecule has 0 spiro atoms. The first-order valence-electron chi connectivity index (χ1n) is 9.48. The second-order valence-electron chi connectivity index (χ2n) is 7.29. The Labute approximate surface area is 180 Å². The van der Waals surface area contributed by atoms with Crippen LogP contribution in [0.25, 0.3) is 26.6 Å². The Morgan fingerprint density at radius 1 is 1.17 bits per heavy atom. The van der Waals surface area contributed by atoms with E-state index in [0.717, 1.165) is 11.1 Å². The van der Waals surface area contributed by atoms with E-state index in [-0.39, 0.29) is 33.7 Å². The summed E-state index contributed by atoms with van der Waals surface area (Å²) in [6.45, 7) is 0. The highest BCUT2D eigenvalue weighted by atomic mass is 35.5. The van der Waals surface area contributed by atoms with E-state index >= 15 is 0 Å². The number of carbonyl (C=O) groups is 1. The zero-order valence-electron chi connectivity index (χ0n) is 15.6. The van der Waals surface area contributed by atoms with Crippen LogP contribution in [0.2, 0.25) is 5.02 Å². The lowest BCUT2D eigenvalue weighted by Crippen LogP contribution is -2.22. The average molecular weight is 443 g/mol. The lowest BCUT2D eigenvalue weighted by atomic mass is 9.79. The Morgan fingerprint density at radius 3 is 2.60 bits per heavy atom. The Kier molecular flexibility index (Phi) is 4.52. The highest BCUT2D eigenvalue weighted by Gasteiger charge is 2.36. The number of fused-ring (bicyclic) bond motifs is 1. The van der Waals surface area contributed by atoms with Gasteiger partial charge in [-0.1, -0.05) is 47.6 Å². The normalized spacial score (nSPS) is 14.2. The van der Waals surface area contributed by atoms with Gasteiger partial charge >= 0.3 is 0 Å². The molecule has 5 nitrogen and oxygen atoms in total. The SMILES string of the molecule is O=C(c1c(O)c(O)n(-c2nc3c(Cl)cccc3s2)c1-c1ccccc1F)C1CCC1. The number of halogens is 2. The molecule has 1 aliphatic carbocycles. The number of hydrogen-bond acceptors (Lipinski definition) is 5. The first-order valence-corrected chi connectivity index (χ1v) is 10.7. The van der Waals surface area contributed by atoms with Crippen LogP contribution in [0.15, 0.2) is 42.5 Å². The summed E-state index contributed by atoms with van der Waals surface area (Å²) < 4.78 is 16.8. The number of nitrogens with zero attached hydrogens (tertiary/aromatic N) is 2. The molecule has 2 heterocycles. The fourth-order valence-corrected chi connectivity index (χ4v) is 5.02. The molecule has 0 atom stereocenters. The number of Topliss-reactive ketones (excluding diaryl/α,β-unsaturated/α-hetero) is 1. The van der Waals surface area contributed by atoms with Crippen molar-refractivity contribution in [1.82, 2.24) is 9.55 Å². The maximum Gasteiger partial charge on any atom is 0.242 e. The number of thiazole rings is 1. The summed E-state index contributed by atoms with van der Waals surface area (Å²) in [7, 11) is 0. The fourth-order valence-electron chi connectivity index (χ4n) is 3.75. The van der Waals surface area contributed by atoms with Crippen molar-refractivity contribution in [2.75, 3.05) is 0 Å². The van der Waals surface area contributed by atoms with Gasteiger partial charge < -0.3 is 10.2 Å². The second-order valence-corrected chi connectivity index (χ2v) is 8.70. The minimum absolute atomic E-state index is 0.0762. The third-order valence-corrected chi connectivity index (χ3v) is 6.83. The molecule has 0 aliphatic heterocycles.